The molecule has 0 saturated heterocycles. The predicted octanol–water partition coefficient (Wildman–Crippen LogP) is 1.65. The van der Waals surface area contributed by atoms with Crippen LogP contribution in [0.1, 0.15) is 5.56 Å². The van der Waals surface area contributed by atoms with Crippen molar-refractivity contribution in [1.29, 1.82) is 5.26 Å². The summed E-state index contributed by atoms with van der Waals surface area (Å²) in [5.41, 5.74) is 0.597. The van der Waals surface area contributed by atoms with Crippen LogP contribution in [0.25, 0.3) is 0 Å². The van der Waals surface area contributed by atoms with Gasteiger partial charge in [-0.2, -0.15) is 5.26 Å². The third-order valence-corrected chi connectivity index (χ3v) is 2.16. The van der Waals surface area contributed by atoms with Crippen LogP contribution in [-0.4, -0.2) is 18.0 Å². The number of thioether (sulfide) groups is 1. The Balaban J connectivity index is 2.77. The molecule has 4 heteroatoms. The van der Waals surface area contributed by atoms with E-state index in [0.29, 0.717) is 11.5 Å². The molecular formula is C8H8N2OS. The summed E-state index contributed by atoms with van der Waals surface area (Å²) in [5.74, 6) is 0.520. The van der Waals surface area contributed by atoms with E-state index in [4.69, 9.17) is 10.00 Å². The lowest BCUT2D eigenvalue weighted by molar-refractivity contribution is 0.258. The molecule has 1 aromatic rings. The monoisotopic (exact) mass is 180 g/mol. The van der Waals surface area contributed by atoms with Crippen molar-refractivity contribution in [2.45, 2.75) is 5.03 Å². The first-order valence-electron chi connectivity index (χ1n) is 3.35. The molecule has 0 amide bonds. The van der Waals surface area contributed by atoms with Gasteiger partial charge in [0.05, 0.1) is 11.5 Å². The fraction of sp³-hybridized carbons (Fsp3) is 0.250. The molecule has 0 bridgehead atoms. The third-order valence-electron chi connectivity index (χ3n) is 1.21. The minimum absolute atomic E-state index is 0.520. The van der Waals surface area contributed by atoms with Crippen molar-refractivity contribution in [3.63, 3.8) is 0 Å². The van der Waals surface area contributed by atoms with Gasteiger partial charge in [0.15, 0.2) is 0 Å². The van der Waals surface area contributed by atoms with Crippen LogP contribution in [0.2, 0.25) is 0 Å². The van der Waals surface area contributed by atoms with Gasteiger partial charge in [0.2, 0.25) is 0 Å². The summed E-state index contributed by atoms with van der Waals surface area (Å²) in [6.07, 6.45) is 1.67. The molecule has 0 N–H and O–H groups in total. The molecule has 1 rings (SSSR count). The largest absolute Gasteiger partial charge is 0.374 e. The molecule has 1 aromatic heterocycles. The molecule has 0 fully saturated rings. The van der Waals surface area contributed by atoms with Gasteiger partial charge >= 0.3 is 0 Å². The number of rotatable bonds is 3. The highest BCUT2D eigenvalue weighted by molar-refractivity contribution is 7.99. The normalized spacial score (nSPS) is 9.33. The van der Waals surface area contributed by atoms with Gasteiger partial charge in [0.1, 0.15) is 11.1 Å². The van der Waals surface area contributed by atoms with Crippen molar-refractivity contribution in [1.82, 2.24) is 4.98 Å². The van der Waals surface area contributed by atoms with E-state index in [2.05, 4.69) is 11.1 Å². The van der Waals surface area contributed by atoms with E-state index in [9.17, 15) is 0 Å². The number of pyridine rings is 1. The number of ether oxygens (including phenoxy) is 1. The first-order chi connectivity index (χ1) is 5.88. The number of nitriles is 1. The Kier molecular flexibility index (Phi) is 3.58. The van der Waals surface area contributed by atoms with Gasteiger partial charge in [-0.15, -0.1) is 0 Å². The second-order valence-corrected chi connectivity index (χ2v) is 2.93. The van der Waals surface area contributed by atoms with Gasteiger partial charge in [0, 0.05) is 13.3 Å². The maximum Gasteiger partial charge on any atom is 0.116 e. The molecule has 0 aliphatic carbocycles. The fourth-order valence-electron chi connectivity index (χ4n) is 0.706. The second-order valence-electron chi connectivity index (χ2n) is 2.02. The highest BCUT2D eigenvalue weighted by Crippen LogP contribution is 2.18. The molecule has 0 aromatic carbocycles. The van der Waals surface area contributed by atoms with Crippen LogP contribution in [0.4, 0.5) is 0 Å². The molecule has 3 nitrogen and oxygen atoms in total. The topological polar surface area (TPSA) is 45.9 Å². The zero-order valence-electron chi connectivity index (χ0n) is 6.65. The lowest BCUT2D eigenvalue weighted by atomic mass is 10.3. The Labute approximate surface area is 75.4 Å². The highest BCUT2D eigenvalue weighted by Gasteiger charge is 2.01. The van der Waals surface area contributed by atoms with Gasteiger partial charge in [-0.05, 0) is 12.1 Å². The van der Waals surface area contributed by atoms with Crippen LogP contribution >= 0.6 is 11.8 Å². The van der Waals surface area contributed by atoms with Crippen molar-refractivity contribution >= 4 is 11.8 Å². The first-order valence-corrected chi connectivity index (χ1v) is 4.34. The van der Waals surface area contributed by atoms with Crippen molar-refractivity contribution in [3.8, 4) is 6.07 Å². The summed E-state index contributed by atoms with van der Waals surface area (Å²) < 4.78 is 4.86. The molecule has 0 aliphatic heterocycles. The predicted molar refractivity (Wildman–Crippen MR) is 46.7 cm³/mol. The number of hydrogen-bond acceptors (Lipinski definition) is 4. The SMILES string of the molecule is COCSc1ncccc1C#N. The summed E-state index contributed by atoms with van der Waals surface area (Å²) in [7, 11) is 1.61. The third kappa shape index (κ3) is 2.22. The van der Waals surface area contributed by atoms with Crippen LogP contribution in [0, 0.1) is 11.3 Å². The van der Waals surface area contributed by atoms with Crippen LogP contribution in [-0.2, 0) is 4.74 Å². The van der Waals surface area contributed by atoms with Crippen LogP contribution in [0.5, 0.6) is 0 Å². The summed E-state index contributed by atoms with van der Waals surface area (Å²) in [4.78, 5) is 4.05. The van der Waals surface area contributed by atoms with E-state index in [-0.39, 0.29) is 0 Å². The molecule has 0 atom stereocenters. The maximum atomic E-state index is 8.67. The number of nitrogens with zero attached hydrogens (tertiary/aromatic N) is 2. The van der Waals surface area contributed by atoms with E-state index in [1.807, 2.05) is 0 Å². The minimum atomic E-state index is 0.520. The van der Waals surface area contributed by atoms with E-state index in [1.165, 1.54) is 11.8 Å². The average molecular weight is 180 g/mol. The molecular weight excluding hydrogens is 172 g/mol. The van der Waals surface area contributed by atoms with E-state index in [0.717, 1.165) is 5.03 Å². The van der Waals surface area contributed by atoms with Crippen LogP contribution in [0.3, 0.4) is 0 Å². The number of methoxy groups -OCH3 is 1. The standard InChI is InChI=1S/C8H8N2OS/c1-11-6-12-8-7(5-9)3-2-4-10-8/h2-4H,6H2,1H3. The molecule has 0 saturated carbocycles. The van der Waals surface area contributed by atoms with Gasteiger partial charge in [-0.3, -0.25) is 0 Å². The summed E-state index contributed by atoms with van der Waals surface area (Å²) >= 11 is 1.42. The van der Waals surface area contributed by atoms with Crippen molar-refractivity contribution in [3.05, 3.63) is 23.9 Å². The molecule has 62 valence electrons. The fourth-order valence-corrected chi connectivity index (χ4v) is 1.34. The number of hydrogen-bond donors (Lipinski definition) is 0. The summed E-state index contributed by atoms with van der Waals surface area (Å²) in [6, 6.07) is 5.55. The maximum absolute atomic E-state index is 8.67. The Bertz CT molecular complexity index is 295. The quantitative estimate of drug-likeness (QED) is 0.524. The van der Waals surface area contributed by atoms with Crippen molar-refractivity contribution in [2.24, 2.45) is 0 Å². The van der Waals surface area contributed by atoms with Gasteiger partial charge in [-0.1, -0.05) is 11.8 Å². The lowest BCUT2D eigenvalue weighted by Crippen LogP contribution is -1.88. The second kappa shape index (κ2) is 4.75. The summed E-state index contributed by atoms with van der Waals surface area (Å²) in [6.45, 7) is 0. The molecule has 0 aliphatic rings. The average Bonchev–Trinajstić information content (AvgIpc) is 2.15. The lowest BCUT2D eigenvalue weighted by Gasteiger charge is -1.99. The van der Waals surface area contributed by atoms with Crippen LogP contribution < -0.4 is 0 Å². The minimum Gasteiger partial charge on any atom is -0.374 e. The first kappa shape index (κ1) is 9.04. The number of aromatic nitrogens is 1. The van der Waals surface area contributed by atoms with E-state index >= 15 is 0 Å². The zero-order chi connectivity index (χ0) is 8.81. The smallest absolute Gasteiger partial charge is 0.116 e. The highest BCUT2D eigenvalue weighted by atomic mass is 32.2. The van der Waals surface area contributed by atoms with Gasteiger partial charge in [0.25, 0.3) is 0 Å². The van der Waals surface area contributed by atoms with Crippen molar-refractivity contribution < 1.29 is 4.74 Å². The Hall–Kier alpha value is -1.05. The van der Waals surface area contributed by atoms with E-state index in [1.54, 1.807) is 25.4 Å². The summed E-state index contributed by atoms with van der Waals surface area (Å²) in [5, 5.41) is 9.40. The van der Waals surface area contributed by atoms with Gasteiger partial charge < -0.3 is 4.74 Å². The Morgan fingerprint density at radius 3 is 3.25 bits per heavy atom. The zero-order valence-corrected chi connectivity index (χ0v) is 7.47. The molecule has 12 heavy (non-hydrogen) atoms. The van der Waals surface area contributed by atoms with Crippen molar-refractivity contribution in [2.75, 3.05) is 13.0 Å². The Morgan fingerprint density at radius 2 is 2.58 bits per heavy atom. The van der Waals surface area contributed by atoms with E-state index < -0.39 is 0 Å². The van der Waals surface area contributed by atoms with Gasteiger partial charge in [-0.25, -0.2) is 4.98 Å². The molecule has 1 heterocycles. The molecule has 0 unspecified atom stereocenters. The molecule has 0 spiro atoms. The van der Waals surface area contributed by atoms with Crippen LogP contribution in [0.15, 0.2) is 23.4 Å². The molecule has 0 radical (unpaired) electrons. The Morgan fingerprint density at radius 1 is 1.75 bits per heavy atom.